The topological polar surface area (TPSA) is 121 Å². The first-order chi connectivity index (χ1) is 23.9. The number of amides is 1. The van der Waals surface area contributed by atoms with E-state index in [1.807, 2.05) is 28.9 Å². The molecule has 2 aliphatic heterocycles. The number of carbonyl (C=O) groups is 1. The van der Waals surface area contributed by atoms with Gasteiger partial charge in [0.25, 0.3) is 0 Å². The number of hydrogen-bond donors (Lipinski definition) is 1. The van der Waals surface area contributed by atoms with E-state index >= 15 is 4.39 Å². The average Bonchev–Trinajstić information content (AvgIpc) is 3.71. The lowest BCUT2D eigenvalue weighted by Gasteiger charge is -2.37. The van der Waals surface area contributed by atoms with E-state index in [2.05, 4.69) is 31.3 Å². The van der Waals surface area contributed by atoms with Crippen molar-refractivity contribution in [2.75, 3.05) is 55.6 Å². The molecule has 2 aromatic carbocycles. The fraction of sp³-hybridized carbons (Fsp3) is 0.371. The fourth-order valence-corrected chi connectivity index (χ4v) is 7.71. The largest absolute Gasteiger partial charge is 0.369 e. The van der Waals surface area contributed by atoms with Gasteiger partial charge in [0.1, 0.15) is 33.7 Å². The summed E-state index contributed by atoms with van der Waals surface area (Å²) in [5, 5.41) is 22.2. The predicted octanol–water partition coefficient (Wildman–Crippen LogP) is 5.37. The normalized spacial score (nSPS) is 16.5. The van der Waals surface area contributed by atoms with Crippen molar-refractivity contribution >= 4 is 44.7 Å². The van der Waals surface area contributed by atoms with Gasteiger partial charge in [-0.2, -0.15) is 20.7 Å². The number of aromatic amines is 1. The minimum absolute atomic E-state index is 0.0741. The number of nitriles is 1. The molecule has 5 heterocycles. The third-order valence-corrected chi connectivity index (χ3v) is 10.6. The highest BCUT2D eigenvalue weighted by Crippen LogP contribution is 2.45. The van der Waals surface area contributed by atoms with Crippen molar-refractivity contribution in [2.45, 2.75) is 38.6 Å². The van der Waals surface area contributed by atoms with Crippen molar-refractivity contribution in [3.8, 4) is 17.3 Å². The van der Waals surface area contributed by atoms with E-state index in [9.17, 15) is 14.4 Å². The molecule has 2 fully saturated rings. The number of benzene rings is 2. The van der Waals surface area contributed by atoms with E-state index in [-0.39, 0.29) is 17.5 Å². The molecule has 1 aliphatic carbocycles. The van der Waals surface area contributed by atoms with Crippen LogP contribution in [-0.2, 0) is 17.8 Å². The number of pyridine rings is 1. The molecule has 0 atom stereocenters. The Bertz CT molecular complexity index is 2080. The van der Waals surface area contributed by atoms with Gasteiger partial charge in [0.05, 0.1) is 24.5 Å². The number of thiazole rings is 1. The first-order valence-corrected chi connectivity index (χ1v) is 17.4. The Hall–Kier alpha value is -5.00. The summed E-state index contributed by atoms with van der Waals surface area (Å²) in [5.41, 5.74) is 5.63. The van der Waals surface area contributed by atoms with Crippen LogP contribution in [0, 0.1) is 23.0 Å². The highest BCUT2D eigenvalue weighted by atomic mass is 32.1. The monoisotopic (exact) mass is 680 g/mol. The van der Waals surface area contributed by atoms with E-state index in [0.29, 0.717) is 96.9 Å². The van der Waals surface area contributed by atoms with Gasteiger partial charge in [-0.05, 0) is 62.2 Å². The molecule has 3 aliphatic rings. The number of fused-ring (bicyclic) bond motifs is 2. The Labute approximate surface area is 285 Å². The van der Waals surface area contributed by atoms with Crippen molar-refractivity contribution < 1.29 is 13.6 Å². The first kappa shape index (κ1) is 31.3. The zero-order chi connectivity index (χ0) is 33.6. The van der Waals surface area contributed by atoms with Gasteiger partial charge in [-0.25, -0.2) is 18.7 Å². The van der Waals surface area contributed by atoms with Crippen LogP contribution in [0.1, 0.15) is 47.6 Å². The average molecular weight is 681 g/mol. The molecule has 1 N–H and O–H groups in total. The third kappa shape index (κ3) is 6.08. The van der Waals surface area contributed by atoms with Gasteiger partial charge < -0.3 is 14.7 Å². The molecule has 0 spiro atoms. The lowest BCUT2D eigenvalue weighted by molar-refractivity contribution is -0.133. The standard InChI is InChI=1S/C35H34F2N10OS/c1-2-47(35-40-33(31(18-38)49-35)22-5-7-23(36)8-6-22)30-17-28(21-3-4-21)39-34-25(30)15-24(16-26(34)37)45-13-11-44(12-14-45)20-32(48)46-10-9-27-29(19-46)42-43-41-27/h5-8,15-17,21H,2-4,9-14,19-20H2,1H3,(H,41,42,43). The van der Waals surface area contributed by atoms with Crippen molar-refractivity contribution in [1.29, 1.82) is 5.26 Å². The zero-order valence-corrected chi connectivity index (χ0v) is 27.8. The molecule has 1 saturated carbocycles. The van der Waals surface area contributed by atoms with E-state index in [1.54, 1.807) is 18.2 Å². The van der Waals surface area contributed by atoms with Gasteiger partial charge in [0.2, 0.25) is 5.91 Å². The second-order valence-corrected chi connectivity index (χ2v) is 13.7. The fourth-order valence-electron chi connectivity index (χ4n) is 6.75. The maximum atomic E-state index is 16.1. The summed E-state index contributed by atoms with van der Waals surface area (Å²) in [5.74, 6) is -0.378. The second kappa shape index (κ2) is 12.8. The molecule has 0 bridgehead atoms. The van der Waals surface area contributed by atoms with Crippen LogP contribution in [-0.4, -0.2) is 86.9 Å². The van der Waals surface area contributed by atoms with Crippen LogP contribution in [0.15, 0.2) is 42.5 Å². The van der Waals surface area contributed by atoms with Crippen molar-refractivity contribution in [3.63, 3.8) is 0 Å². The number of nitrogens with zero attached hydrogens (tertiary/aromatic N) is 9. The zero-order valence-electron chi connectivity index (χ0n) is 27.0. The summed E-state index contributed by atoms with van der Waals surface area (Å²) in [6.45, 7) is 6.59. The molecule has 11 nitrogen and oxygen atoms in total. The molecular formula is C35H34F2N10OS. The predicted molar refractivity (Wildman–Crippen MR) is 183 cm³/mol. The molecule has 0 unspecified atom stereocenters. The van der Waals surface area contributed by atoms with Gasteiger partial charge >= 0.3 is 0 Å². The van der Waals surface area contributed by atoms with Gasteiger partial charge in [-0.3, -0.25) is 9.69 Å². The van der Waals surface area contributed by atoms with Gasteiger partial charge in [-0.15, -0.1) is 0 Å². The molecule has 8 rings (SSSR count). The Balaban J connectivity index is 1.06. The number of piperazine rings is 1. The molecule has 0 radical (unpaired) electrons. The number of H-pyrrole nitrogens is 1. The molecule has 49 heavy (non-hydrogen) atoms. The summed E-state index contributed by atoms with van der Waals surface area (Å²) in [6, 6.07) is 13.8. The summed E-state index contributed by atoms with van der Waals surface area (Å²) in [7, 11) is 0. The minimum Gasteiger partial charge on any atom is -0.369 e. The number of nitrogens with one attached hydrogen (secondary N) is 1. The Morgan fingerprint density at radius 2 is 1.82 bits per heavy atom. The number of rotatable bonds is 8. The number of anilines is 3. The summed E-state index contributed by atoms with van der Waals surface area (Å²) in [4.78, 5) is 31.4. The van der Waals surface area contributed by atoms with Crippen LogP contribution in [0.5, 0.6) is 0 Å². The van der Waals surface area contributed by atoms with Crippen LogP contribution < -0.4 is 9.80 Å². The van der Waals surface area contributed by atoms with Crippen molar-refractivity contribution in [2.24, 2.45) is 0 Å². The van der Waals surface area contributed by atoms with E-state index in [1.165, 1.54) is 23.5 Å². The number of aromatic nitrogens is 5. The molecule has 3 aromatic heterocycles. The molecule has 250 valence electrons. The van der Waals surface area contributed by atoms with Crippen LogP contribution >= 0.6 is 11.3 Å². The first-order valence-electron chi connectivity index (χ1n) is 16.6. The lowest BCUT2D eigenvalue weighted by atomic mass is 10.1. The SMILES string of the molecule is CCN(c1nc(-c2ccc(F)cc2)c(C#N)s1)c1cc(C2CC2)nc2c(F)cc(N3CCN(CC(=O)N4CCc5n[nH]nc5C4)CC3)cc12. The Morgan fingerprint density at radius 1 is 1.04 bits per heavy atom. The number of carbonyl (C=O) groups excluding carboxylic acids is 1. The van der Waals surface area contributed by atoms with Crippen LogP contribution in [0.3, 0.4) is 0 Å². The molecule has 5 aromatic rings. The number of halogens is 2. The number of hydrogen-bond acceptors (Lipinski definition) is 10. The smallest absolute Gasteiger partial charge is 0.237 e. The quantitative estimate of drug-likeness (QED) is 0.231. The molecule has 1 amide bonds. The van der Waals surface area contributed by atoms with Gasteiger partial charge in [-0.1, -0.05) is 11.3 Å². The van der Waals surface area contributed by atoms with E-state index < -0.39 is 0 Å². The third-order valence-electron chi connectivity index (χ3n) is 9.63. The van der Waals surface area contributed by atoms with Crippen molar-refractivity contribution in [1.82, 2.24) is 35.2 Å². The minimum atomic E-state index is -0.383. The summed E-state index contributed by atoms with van der Waals surface area (Å²) >= 11 is 1.26. The van der Waals surface area contributed by atoms with Gasteiger partial charge in [0.15, 0.2) is 10.9 Å². The Morgan fingerprint density at radius 3 is 2.55 bits per heavy atom. The second-order valence-electron chi connectivity index (χ2n) is 12.7. The maximum Gasteiger partial charge on any atom is 0.237 e. The van der Waals surface area contributed by atoms with Crippen LogP contribution in [0.2, 0.25) is 0 Å². The summed E-state index contributed by atoms with van der Waals surface area (Å²) in [6.07, 6.45) is 2.73. The molecular weight excluding hydrogens is 647 g/mol. The van der Waals surface area contributed by atoms with Crippen molar-refractivity contribution in [3.05, 3.63) is 76.1 Å². The lowest BCUT2D eigenvalue weighted by Crippen LogP contribution is -2.50. The van der Waals surface area contributed by atoms with E-state index in [0.717, 1.165) is 41.3 Å². The maximum absolute atomic E-state index is 16.1. The van der Waals surface area contributed by atoms with Crippen LogP contribution in [0.4, 0.5) is 25.3 Å². The Kier molecular flexibility index (Phi) is 8.17. The highest BCUT2D eigenvalue weighted by Gasteiger charge is 2.30. The molecule has 14 heteroatoms. The van der Waals surface area contributed by atoms with E-state index in [4.69, 9.17) is 9.97 Å². The van der Waals surface area contributed by atoms with Crippen LogP contribution in [0.25, 0.3) is 22.2 Å². The molecule has 1 saturated heterocycles. The summed E-state index contributed by atoms with van der Waals surface area (Å²) < 4.78 is 29.7. The van der Waals surface area contributed by atoms with Gasteiger partial charge in [0, 0.05) is 73.9 Å². The highest BCUT2D eigenvalue weighted by molar-refractivity contribution is 7.16.